The molecule has 3 nitrogen and oxygen atoms in total. The molecule has 1 rings (SSSR count). The van der Waals surface area contributed by atoms with E-state index in [1.807, 2.05) is 0 Å². The third-order valence-corrected chi connectivity index (χ3v) is 9.69. The number of nitrogens with zero attached hydrogens (tertiary/aromatic N) is 3. The summed E-state index contributed by atoms with van der Waals surface area (Å²) in [7, 11) is 0. The first kappa shape index (κ1) is 19.1. The summed E-state index contributed by atoms with van der Waals surface area (Å²) in [5, 5.41) is 11.9. The summed E-state index contributed by atoms with van der Waals surface area (Å²) >= 11 is 41.6. The van der Waals surface area contributed by atoms with Crippen molar-refractivity contribution in [1.29, 1.82) is 0 Å². The zero-order valence-corrected chi connectivity index (χ0v) is 18.6. The molecule has 0 aromatic carbocycles. The van der Waals surface area contributed by atoms with Crippen LogP contribution < -0.4 is 16.2 Å². The number of hydrogen-bond donors (Lipinski definition) is 6. The Morgan fingerprint density at radius 2 is 1.00 bits per heavy atom. The molecule has 1 aromatic rings. The summed E-state index contributed by atoms with van der Waals surface area (Å²) in [6, 6.07) is 0. The third-order valence-electron chi connectivity index (χ3n) is 1.55. The van der Waals surface area contributed by atoms with Gasteiger partial charge in [0.05, 0.1) is 18.6 Å². The maximum atomic E-state index is 5.30. The minimum Gasteiger partial charge on any atom is -0.127 e. The van der Waals surface area contributed by atoms with Crippen molar-refractivity contribution < 1.29 is 0 Å². The van der Waals surface area contributed by atoms with E-state index in [1.165, 1.54) is 0 Å². The average Bonchev–Trinajstić information content (AvgIpc) is 2.12. The zero-order chi connectivity index (χ0) is 14.4. The molecule has 0 bridgehead atoms. The van der Waals surface area contributed by atoms with E-state index in [0.29, 0.717) is 16.2 Å². The van der Waals surface area contributed by atoms with Gasteiger partial charge in [-0.25, -0.2) is 0 Å². The molecule has 0 saturated heterocycles. The highest BCUT2D eigenvalue weighted by molar-refractivity contribution is 8.97. The lowest BCUT2D eigenvalue weighted by Crippen LogP contribution is -2.38. The minimum absolute atomic E-state index is 0.375. The molecular formula is C3H6N3P3S9. The monoisotopic (exact) mass is 465 g/mol. The molecule has 18 heavy (non-hydrogen) atoms. The van der Waals surface area contributed by atoms with E-state index in [4.69, 9.17) is 35.4 Å². The van der Waals surface area contributed by atoms with Crippen LogP contribution in [-0.2, 0) is 35.4 Å². The second-order valence-electron chi connectivity index (χ2n) is 2.92. The van der Waals surface area contributed by atoms with Gasteiger partial charge in [0.2, 0.25) is 0 Å². The SMILES string of the molecule is S=P(S)(S)c1nnnc(P(=S)(S)S)c1P(=S)(S)S. The van der Waals surface area contributed by atoms with Gasteiger partial charge < -0.3 is 0 Å². The molecule has 0 atom stereocenters. The van der Waals surface area contributed by atoms with E-state index in [2.05, 4.69) is 88.9 Å². The molecule has 0 N–H and O–H groups in total. The van der Waals surface area contributed by atoms with Gasteiger partial charge in [-0.1, -0.05) is 35.4 Å². The standard InChI is InChI=1S/C3H6N3P3S9/c10-7(11,12)1-2(8(13,14)15)4-6-5-3(1)9(16,17)18/h(H2,10,11,12)(H2,13,14,15)(H2,16,17,18). The van der Waals surface area contributed by atoms with Gasteiger partial charge in [0.1, 0.15) is 10.9 Å². The molecule has 0 aliphatic carbocycles. The van der Waals surface area contributed by atoms with Crippen LogP contribution in [0, 0.1) is 0 Å². The Bertz CT molecular complexity index is 570. The highest BCUT2D eigenvalue weighted by Gasteiger charge is 2.31. The van der Waals surface area contributed by atoms with Crippen LogP contribution in [0.15, 0.2) is 0 Å². The molecule has 0 radical (unpaired) electrons. The predicted molar refractivity (Wildman–Crippen MR) is 115 cm³/mol. The third kappa shape index (κ3) is 5.06. The van der Waals surface area contributed by atoms with E-state index in [1.54, 1.807) is 0 Å². The normalized spacial score (nSPS) is 13.7. The Hall–Kier alpha value is 3.06. The lowest BCUT2D eigenvalue weighted by Gasteiger charge is -2.21. The van der Waals surface area contributed by atoms with Crippen molar-refractivity contribution in [2.45, 2.75) is 0 Å². The maximum Gasteiger partial charge on any atom is 0.129 e. The summed E-state index contributed by atoms with van der Waals surface area (Å²) in [6.07, 6.45) is 0. The van der Waals surface area contributed by atoms with Gasteiger partial charge in [0.15, 0.2) is 0 Å². The van der Waals surface area contributed by atoms with Crippen molar-refractivity contribution in [3.8, 4) is 0 Å². The summed E-state index contributed by atoms with van der Waals surface area (Å²) in [5.74, 6) is 0. The van der Waals surface area contributed by atoms with E-state index in [0.717, 1.165) is 0 Å². The second-order valence-corrected chi connectivity index (χ2v) is 30.9. The molecule has 102 valence electrons. The number of thiol groups is 6. The van der Waals surface area contributed by atoms with Crippen molar-refractivity contribution in [3.05, 3.63) is 0 Å². The molecule has 0 unspecified atom stereocenters. The lowest BCUT2D eigenvalue weighted by molar-refractivity contribution is 0.907. The second kappa shape index (κ2) is 6.67. The van der Waals surface area contributed by atoms with Crippen LogP contribution >= 0.6 is 86.8 Å². The zero-order valence-electron chi connectivity index (χ0n) is 8.09. The van der Waals surface area contributed by atoms with Gasteiger partial charge >= 0.3 is 0 Å². The molecule has 0 aliphatic rings. The van der Waals surface area contributed by atoms with Crippen LogP contribution in [0.2, 0.25) is 0 Å². The molecular weight excluding hydrogens is 460 g/mol. The van der Waals surface area contributed by atoms with Crippen molar-refractivity contribution in [3.63, 3.8) is 0 Å². The van der Waals surface area contributed by atoms with E-state index >= 15 is 0 Å². The Kier molecular flexibility index (Phi) is 7.08. The highest BCUT2D eigenvalue weighted by Crippen LogP contribution is 2.62. The van der Waals surface area contributed by atoms with Gasteiger partial charge in [-0.15, -0.1) is 83.7 Å². The van der Waals surface area contributed by atoms with Crippen molar-refractivity contribution in [2.24, 2.45) is 0 Å². The molecule has 15 heteroatoms. The summed E-state index contributed by atoms with van der Waals surface area (Å²) in [6.45, 7) is 0. The molecule has 0 aliphatic heterocycles. The van der Waals surface area contributed by atoms with Crippen LogP contribution in [0.1, 0.15) is 0 Å². The molecule has 0 spiro atoms. The molecule has 0 saturated carbocycles. The Balaban J connectivity index is 3.85. The summed E-state index contributed by atoms with van der Waals surface area (Å²) in [4.78, 5) is 0. The van der Waals surface area contributed by atoms with Gasteiger partial charge in [0.25, 0.3) is 0 Å². The topological polar surface area (TPSA) is 38.7 Å². The van der Waals surface area contributed by atoms with Crippen LogP contribution in [0.25, 0.3) is 0 Å². The first-order valence-electron chi connectivity index (χ1n) is 3.77. The maximum absolute atomic E-state index is 5.30. The molecule has 1 aromatic heterocycles. The number of rotatable bonds is 3. The van der Waals surface area contributed by atoms with E-state index in [9.17, 15) is 0 Å². The van der Waals surface area contributed by atoms with Gasteiger partial charge in [-0.05, 0) is 5.21 Å². The van der Waals surface area contributed by atoms with Crippen LogP contribution in [0.3, 0.4) is 0 Å². The Morgan fingerprint density at radius 1 is 0.667 bits per heavy atom. The summed E-state index contributed by atoms with van der Waals surface area (Å²) < 4.78 is -7.45. The first-order chi connectivity index (χ1) is 7.85. The number of aromatic nitrogens is 3. The van der Waals surface area contributed by atoms with Crippen LogP contribution in [0.5, 0.6) is 0 Å². The van der Waals surface area contributed by atoms with Crippen LogP contribution in [-0.4, -0.2) is 15.4 Å². The van der Waals surface area contributed by atoms with Gasteiger partial charge in [-0.3, -0.25) is 0 Å². The highest BCUT2D eigenvalue weighted by atomic mass is 33.2. The van der Waals surface area contributed by atoms with Gasteiger partial charge in [-0.2, -0.15) is 0 Å². The Morgan fingerprint density at radius 3 is 1.22 bits per heavy atom. The lowest BCUT2D eigenvalue weighted by atomic mass is 10.7. The van der Waals surface area contributed by atoms with Crippen molar-refractivity contribution in [2.75, 3.05) is 0 Å². The smallest absolute Gasteiger partial charge is 0.127 e. The largest absolute Gasteiger partial charge is 0.129 e. The Labute approximate surface area is 152 Å². The number of hydrogen-bond acceptors (Lipinski definition) is 6. The fourth-order valence-corrected chi connectivity index (χ4v) is 11.3. The van der Waals surface area contributed by atoms with Crippen molar-refractivity contribution >= 4 is 138 Å². The quantitative estimate of drug-likeness (QED) is 0.304. The van der Waals surface area contributed by atoms with Crippen LogP contribution in [0.4, 0.5) is 0 Å². The van der Waals surface area contributed by atoms with Crippen molar-refractivity contribution in [1.82, 2.24) is 15.4 Å². The first-order valence-corrected chi connectivity index (χ1v) is 19.1. The molecule has 0 amide bonds. The predicted octanol–water partition coefficient (Wildman–Crippen LogP) is 2.25. The minimum atomic E-state index is -2.50. The van der Waals surface area contributed by atoms with E-state index in [-0.39, 0.29) is 0 Å². The fraction of sp³-hybridized carbons (Fsp3) is 0. The van der Waals surface area contributed by atoms with E-state index < -0.39 is 13.3 Å². The molecule has 0 fully saturated rings. The summed E-state index contributed by atoms with van der Waals surface area (Å²) in [5.41, 5.74) is 0.750. The molecule has 1 heterocycles. The fourth-order valence-electron chi connectivity index (χ4n) is 0.955. The van der Waals surface area contributed by atoms with Gasteiger partial charge in [0, 0.05) is 0 Å². The average molecular weight is 466 g/mol.